The van der Waals surface area contributed by atoms with Gasteiger partial charge in [-0.25, -0.2) is 23.1 Å². The van der Waals surface area contributed by atoms with Crippen LogP contribution in [0.2, 0.25) is 5.28 Å². The molecule has 8 heteroatoms. The minimum absolute atomic E-state index is 0.00190. The number of nitrogens with one attached hydrogen (secondary N) is 1. The quantitative estimate of drug-likeness (QED) is 0.860. The summed E-state index contributed by atoms with van der Waals surface area (Å²) in [4.78, 5) is 11.2. The van der Waals surface area contributed by atoms with E-state index in [-0.39, 0.29) is 16.7 Å². The summed E-state index contributed by atoms with van der Waals surface area (Å²) in [6.45, 7) is 2.04. The van der Waals surface area contributed by atoms with Gasteiger partial charge in [0.1, 0.15) is 4.90 Å². The molecule has 0 aromatic carbocycles. The van der Waals surface area contributed by atoms with Gasteiger partial charge in [0.05, 0.1) is 12.4 Å². The maximum absolute atomic E-state index is 12.0. The zero-order valence-corrected chi connectivity index (χ0v) is 11.6. The normalized spacial score (nSPS) is 11.5. The molecule has 0 atom stereocenters. The van der Waals surface area contributed by atoms with Crippen molar-refractivity contribution in [3.63, 3.8) is 0 Å². The fraction of sp³-hybridized carbons (Fsp3) is 0.182. The fourth-order valence-corrected chi connectivity index (χ4v) is 2.37. The van der Waals surface area contributed by atoms with Gasteiger partial charge in [-0.15, -0.1) is 0 Å². The predicted molar refractivity (Wildman–Crippen MR) is 70.0 cm³/mol. The molecule has 0 aliphatic carbocycles. The van der Waals surface area contributed by atoms with Crippen LogP contribution < -0.4 is 4.72 Å². The van der Waals surface area contributed by atoms with Crippen LogP contribution in [0.25, 0.3) is 0 Å². The van der Waals surface area contributed by atoms with E-state index in [1.54, 1.807) is 12.4 Å². The molecule has 19 heavy (non-hydrogen) atoms. The third kappa shape index (κ3) is 3.46. The Bertz CT molecular complexity index is 673. The number of aromatic nitrogens is 3. The van der Waals surface area contributed by atoms with Gasteiger partial charge in [0.2, 0.25) is 15.3 Å². The van der Waals surface area contributed by atoms with Crippen LogP contribution in [-0.4, -0.2) is 23.4 Å². The molecular weight excluding hydrogens is 288 g/mol. The summed E-state index contributed by atoms with van der Waals surface area (Å²) in [5.74, 6) is 0. The van der Waals surface area contributed by atoms with Crippen molar-refractivity contribution in [3.8, 4) is 0 Å². The van der Waals surface area contributed by atoms with Gasteiger partial charge in [-0.2, -0.15) is 0 Å². The SMILES string of the molecule is Cc1ccncc1CNS(=O)(=O)c1cnc(Cl)nc1. The van der Waals surface area contributed by atoms with Crippen molar-refractivity contribution in [2.24, 2.45) is 0 Å². The zero-order chi connectivity index (χ0) is 13.9. The lowest BCUT2D eigenvalue weighted by atomic mass is 10.2. The Morgan fingerprint density at radius 1 is 1.26 bits per heavy atom. The van der Waals surface area contributed by atoms with E-state index >= 15 is 0 Å². The van der Waals surface area contributed by atoms with Crippen LogP contribution in [0.5, 0.6) is 0 Å². The van der Waals surface area contributed by atoms with Crippen LogP contribution in [0.1, 0.15) is 11.1 Å². The van der Waals surface area contributed by atoms with Crippen molar-refractivity contribution in [2.45, 2.75) is 18.4 Å². The third-order valence-corrected chi connectivity index (χ3v) is 4.06. The van der Waals surface area contributed by atoms with E-state index in [1.807, 2.05) is 13.0 Å². The van der Waals surface area contributed by atoms with Crippen molar-refractivity contribution < 1.29 is 8.42 Å². The second-order valence-electron chi connectivity index (χ2n) is 3.81. The zero-order valence-electron chi connectivity index (χ0n) is 10.0. The molecule has 0 radical (unpaired) electrons. The van der Waals surface area contributed by atoms with Gasteiger partial charge < -0.3 is 0 Å². The Labute approximate surface area is 115 Å². The average Bonchev–Trinajstić information content (AvgIpc) is 2.38. The highest BCUT2D eigenvalue weighted by Gasteiger charge is 2.15. The molecule has 0 aliphatic rings. The lowest BCUT2D eigenvalue weighted by Crippen LogP contribution is -2.24. The van der Waals surface area contributed by atoms with Gasteiger partial charge in [0.15, 0.2) is 0 Å². The van der Waals surface area contributed by atoms with E-state index < -0.39 is 10.0 Å². The van der Waals surface area contributed by atoms with Crippen LogP contribution in [0, 0.1) is 6.92 Å². The number of hydrogen-bond donors (Lipinski definition) is 1. The van der Waals surface area contributed by atoms with Crippen LogP contribution >= 0.6 is 11.6 Å². The van der Waals surface area contributed by atoms with Gasteiger partial charge >= 0.3 is 0 Å². The summed E-state index contributed by atoms with van der Waals surface area (Å²) in [5.41, 5.74) is 1.77. The summed E-state index contributed by atoms with van der Waals surface area (Å²) in [7, 11) is -3.65. The molecule has 2 heterocycles. The third-order valence-electron chi connectivity index (χ3n) is 2.51. The highest BCUT2D eigenvalue weighted by Crippen LogP contribution is 2.10. The second kappa shape index (κ2) is 5.60. The van der Waals surface area contributed by atoms with Gasteiger partial charge in [-0.1, -0.05) is 0 Å². The van der Waals surface area contributed by atoms with E-state index in [0.717, 1.165) is 23.5 Å². The first-order chi connectivity index (χ1) is 8.99. The number of rotatable bonds is 4. The van der Waals surface area contributed by atoms with Gasteiger partial charge in [0, 0.05) is 18.9 Å². The molecule has 0 aliphatic heterocycles. The maximum atomic E-state index is 12.0. The molecule has 2 aromatic rings. The van der Waals surface area contributed by atoms with Crippen molar-refractivity contribution in [3.05, 3.63) is 47.3 Å². The van der Waals surface area contributed by atoms with Gasteiger partial charge in [-0.3, -0.25) is 4.98 Å². The molecule has 0 bridgehead atoms. The molecule has 0 saturated heterocycles. The summed E-state index contributed by atoms with van der Waals surface area (Å²) in [5, 5.41) is 0.00190. The molecule has 0 spiro atoms. The van der Waals surface area contributed by atoms with Crippen molar-refractivity contribution >= 4 is 21.6 Å². The summed E-state index contributed by atoms with van der Waals surface area (Å²) in [6.07, 6.45) is 5.60. The Balaban J connectivity index is 2.14. The van der Waals surface area contributed by atoms with E-state index in [2.05, 4.69) is 19.7 Å². The maximum Gasteiger partial charge on any atom is 0.243 e. The van der Waals surface area contributed by atoms with Crippen LogP contribution in [0.3, 0.4) is 0 Å². The van der Waals surface area contributed by atoms with Gasteiger partial charge in [0.25, 0.3) is 0 Å². The Morgan fingerprint density at radius 3 is 2.58 bits per heavy atom. The Hall–Kier alpha value is -1.57. The Kier molecular flexibility index (Phi) is 4.08. The van der Waals surface area contributed by atoms with Crippen LogP contribution in [0.4, 0.5) is 0 Å². The summed E-state index contributed by atoms with van der Waals surface area (Å²) in [6, 6.07) is 1.81. The van der Waals surface area contributed by atoms with E-state index in [9.17, 15) is 8.42 Å². The number of sulfonamides is 1. The molecule has 100 valence electrons. The average molecular weight is 299 g/mol. The standard InChI is InChI=1S/C11H11ClN4O2S/c1-8-2-3-13-4-9(8)5-16-19(17,18)10-6-14-11(12)15-7-10/h2-4,6-7,16H,5H2,1H3. The minimum Gasteiger partial charge on any atom is -0.264 e. The fourth-order valence-electron chi connectivity index (χ4n) is 1.38. The number of hydrogen-bond acceptors (Lipinski definition) is 5. The monoisotopic (exact) mass is 298 g/mol. The van der Waals surface area contributed by atoms with Crippen molar-refractivity contribution in [2.75, 3.05) is 0 Å². The summed E-state index contributed by atoms with van der Waals surface area (Å²) < 4.78 is 26.4. The van der Waals surface area contributed by atoms with E-state index in [4.69, 9.17) is 11.6 Å². The largest absolute Gasteiger partial charge is 0.264 e. The van der Waals surface area contributed by atoms with E-state index in [0.29, 0.717) is 0 Å². The molecule has 6 nitrogen and oxygen atoms in total. The van der Waals surface area contributed by atoms with Crippen LogP contribution in [0.15, 0.2) is 35.7 Å². The lowest BCUT2D eigenvalue weighted by Gasteiger charge is -2.07. The first-order valence-electron chi connectivity index (χ1n) is 5.36. The Morgan fingerprint density at radius 2 is 1.95 bits per heavy atom. The molecule has 0 saturated carbocycles. The molecule has 2 rings (SSSR count). The first kappa shape index (κ1) is 13.9. The minimum atomic E-state index is -3.65. The smallest absolute Gasteiger partial charge is 0.243 e. The molecule has 0 unspecified atom stereocenters. The van der Waals surface area contributed by atoms with Crippen LogP contribution in [-0.2, 0) is 16.6 Å². The highest BCUT2D eigenvalue weighted by atomic mass is 35.5. The van der Waals surface area contributed by atoms with Crippen molar-refractivity contribution in [1.29, 1.82) is 0 Å². The lowest BCUT2D eigenvalue weighted by molar-refractivity contribution is 0.580. The van der Waals surface area contributed by atoms with E-state index in [1.165, 1.54) is 0 Å². The molecular formula is C11H11ClN4O2S. The second-order valence-corrected chi connectivity index (χ2v) is 5.92. The summed E-state index contributed by atoms with van der Waals surface area (Å²) >= 11 is 5.51. The number of nitrogens with zero attached hydrogens (tertiary/aromatic N) is 3. The van der Waals surface area contributed by atoms with Gasteiger partial charge in [-0.05, 0) is 35.7 Å². The molecule has 1 N–H and O–H groups in total. The molecule has 0 amide bonds. The number of halogens is 1. The predicted octanol–water partition coefficient (Wildman–Crippen LogP) is 1.31. The first-order valence-corrected chi connectivity index (χ1v) is 7.22. The number of pyridine rings is 1. The topological polar surface area (TPSA) is 84.8 Å². The number of aryl methyl sites for hydroxylation is 1. The molecule has 0 fully saturated rings. The van der Waals surface area contributed by atoms with Crippen molar-refractivity contribution in [1.82, 2.24) is 19.7 Å². The molecule has 2 aromatic heterocycles. The highest BCUT2D eigenvalue weighted by molar-refractivity contribution is 7.89.